The molecule has 1 rings (SSSR count). The van der Waals surface area contributed by atoms with Gasteiger partial charge in [0.15, 0.2) is 0 Å². The van der Waals surface area contributed by atoms with Gasteiger partial charge >= 0.3 is 0 Å². The number of allylic oxidation sites excluding steroid dienone is 4. The van der Waals surface area contributed by atoms with Crippen molar-refractivity contribution < 1.29 is 40.5 Å². The van der Waals surface area contributed by atoms with E-state index in [-0.39, 0.29) is 12.8 Å². The quantitative estimate of drug-likeness (QED) is 0.0247. The Morgan fingerprint density at radius 2 is 0.792 bits per heavy atom. The zero-order valence-corrected chi connectivity index (χ0v) is 34.3. The normalized spacial score (nSPS) is 23.2. The maximum atomic E-state index is 11.9. The van der Waals surface area contributed by atoms with Gasteiger partial charge in [-0.25, -0.2) is 0 Å². The molecule has 0 bridgehead atoms. The molecule has 1 heterocycles. The van der Waals surface area contributed by atoms with E-state index in [2.05, 4.69) is 38.2 Å². The summed E-state index contributed by atoms with van der Waals surface area (Å²) in [6.45, 7) is 3.85. The first kappa shape index (κ1) is 50.2. The van der Waals surface area contributed by atoms with Crippen LogP contribution in [0.2, 0.25) is 0 Å². The van der Waals surface area contributed by atoms with Gasteiger partial charge in [-0.05, 0) is 64.2 Å². The summed E-state index contributed by atoms with van der Waals surface area (Å²) in [6, 6.07) is 0. The molecule has 0 amide bonds. The third kappa shape index (κ3) is 21.9. The first-order valence-corrected chi connectivity index (χ1v) is 22.4. The van der Waals surface area contributed by atoms with E-state index in [4.69, 9.17) is 4.74 Å². The van der Waals surface area contributed by atoms with Crippen LogP contribution >= 0.6 is 0 Å². The Morgan fingerprint density at radius 3 is 1.13 bits per heavy atom. The zero-order valence-electron chi connectivity index (χ0n) is 34.3. The predicted molar refractivity (Wildman–Crippen MR) is 219 cm³/mol. The molecule has 0 aliphatic carbocycles. The van der Waals surface area contributed by atoms with E-state index in [0.717, 1.165) is 77.0 Å². The Balaban J connectivity index is 2.44. The van der Waals surface area contributed by atoms with E-state index in [1.807, 2.05) is 0 Å². The Kier molecular flexibility index (Phi) is 31.5. The topological polar surface area (TPSA) is 151 Å². The summed E-state index contributed by atoms with van der Waals surface area (Å²) in [6.07, 6.45) is 31.2. The lowest BCUT2D eigenvalue weighted by molar-refractivity contribution is -0.303. The Hall–Kier alpha value is -0.840. The fourth-order valence-electron chi connectivity index (χ4n) is 7.72. The summed E-state index contributed by atoms with van der Waals surface area (Å²) in [5.74, 6) is 0. The van der Waals surface area contributed by atoms with E-state index in [1.165, 1.54) is 89.9 Å². The second-order valence-electron chi connectivity index (χ2n) is 16.1. The van der Waals surface area contributed by atoms with Crippen LogP contribution in [0.15, 0.2) is 24.3 Å². The number of hydrogen-bond donors (Lipinski definition) is 7. The third-order valence-corrected chi connectivity index (χ3v) is 11.4. The van der Waals surface area contributed by atoms with Crippen molar-refractivity contribution in [3.8, 4) is 0 Å². The van der Waals surface area contributed by atoms with Gasteiger partial charge in [0.25, 0.3) is 0 Å². The molecule has 0 aromatic carbocycles. The van der Waals surface area contributed by atoms with Crippen molar-refractivity contribution in [2.45, 2.75) is 255 Å². The molecule has 1 aliphatic rings. The summed E-state index contributed by atoms with van der Waals surface area (Å²) in [5, 5.41) is 76.1. The number of aliphatic hydroxyl groups excluding tert-OH is 6. The van der Waals surface area contributed by atoms with Crippen LogP contribution in [0.4, 0.5) is 0 Å². The standard InChI is InChI=1S/C45H86O8/c1-3-5-7-9-11-13-15-17-19-21-23-25-27-29-31-33-35-39(47)45(52,44-43(51)42(50)41(49)38(37-46)53-44)40(48)36-34-32-30-28-26-24-22-20-18-16-14-12-10-8-6-4-2/h17-20,38-44,46-52H,3-16,21-37H2,1-2H3/b19-17-,20-18-/t38-,39?,40?,41-,42+,43+,44?,45?/m1/s1. The first-order valence-electron chi connectivity index (χ1n) is 22.4. The van der Waals surface area contributed by atoms with Crippen molar-refractivity contribution in [3.05, 3.63) is 24.3 Å². The van der Waals surface area contributed by atoms with Crippen LogP contribution in [0.3, 0.4) is 0 Å². The molecule has 8 heteroatoms. The maximum absolute atomic E-state index is 11.9. The van der Waals surface area contributed by atoms with E-state index >= 15 is 0 Å². The Morgan fingerprint density at radius 1 is 0.472 bits per heavy atom. The van der Waals surface area contributed by atoms with E-state index in [9.17, 15) is 35.7 Å². The summed E-state index contributed by atoms with van der Waals surface area (Å²) in [5.41, 5.74) is -2.28. The molecule has 7 atom stereocenters. The van der Waals surface area contributed by atoms with Gasteiger partial charge in [-0.3, -0.25) is 0 Å². The molecular formula is C45H86O8. The van der Waals surface area contributed by atoms with Gasteiger partial charge in [-0.15, -0.1) is 0 Å². The fourth-order valence-corrected chi connectivity index (χ4v) is 7.72. The molecule has 8 nitrogen and oxygen atoms in total. The molecule has 7 N–H and O–H groups in total. The zero-order chi connectivity index (χ0) is 39.0. The molecule has 0 spiro atoms. The minimum absolute atomic E-state index is 0.192. The number of aliphatic hydroxyl groups is 7. The van der Waals surface area contributed by atoms with Crippen LogP contribution in [0, 0.1) is 0 Å². The van der Waals surface area contributed by atoms with Crippen molar-refractivity contribution in [1.29, 1.82) is 0 Å². The summed E-state index contributed by atoms with van der Waals surface area (Å²) < 4.78 is 5.71. The molecule has 3 unspecified atom stereocenters. The second-order valence-corrected chi connectivity index (χ2v) is 16.1. The lowest BCUT2D eigenvalue weighted by atomic mass is 9.75. The predicted octanol–water partition coefficient (Wildman–Crippen LogP) is 9.14. The molecule has 0 aromatic heterocycles. The van der Waals surface area contributed by atoms with Crippen molar-refractivity contribution in [2.75, 3.05) is 6.61 Å². The van der Waals surface area contributed by atoms with Gasteiger partial charge in [-0.1, -0.05) is 167 Å². The molecule has 0 radical (unpaired) electrons. The second kappa shape index (κ2) is 33.3. The fraction of sp³-hybridized carbons (Fsp3) is 0.911. The number of rotatable bonds is 36. The van der Waals surface area contributed by atoms with Gasteiger partial charge in [0, 0.05) is 0 Å². The highest BCUT2D eigenvalue weighted by atomic mass is 16.6. The highest BCUT2D eigenvalue weighted by Crippen LogP contribution is 2.36. The monoisotopic (exact) mass is 755 g/mol. The van der Waals surface area contributed by atoms with Gasteiger partial charge < -0.3 is 40.5 Å². The van der Waals surface area contributed by atoms with Crippen LogP contribution in [0.1, 0.15) is 206 Å². The van der Waals surface area contributed by atoms with Gasteiger partial charge in [-0.2, -0.15) is 0 Å². The number of unbranched alkanes of at least 4 members (excludes halogenated alkanes) is 24. The van der Waals surface area contributed by atoms with Crippen LogP contribution < -0.4 is 0 Å². The number of ether oxygens (including phenoxy) is 1. The minimum Gasteiger partial charge on any atom is -0.394 e. The van der Waals surface area contributed by atoms with Crippen molar-refractivity contribution in [2.24, 2.45) is 0 Å². The van der Waals surface area contributed by atoms with Crippen molar-refractivity contribution in [3.63, 3.8) is 0 Å². The smallest absolute Gasteiger partial charge is 0.145 e. The highest BCUT2D eigenvalue weighted by Gasteiger charge is 2.58. The molecule has 0 aromatic rings. The minimum atomic E-state index is -2.28. The average Bonchev–Trinajstić information content (AvgIpc) is 3.16. The van der Waals surface area contributed by atoms with E-state index in [1.54, 1.807) is 0 Å². The highest BCUT2D eigenvalue weighted by molar-refractivity contribution is 5.07. The Labute approximate surface area is 325 Å². The molecule has 1 aliphatic heterocycles. The van der Waals surface area contributed by atoms with Crippen LogP contribution in [-0.2, 0) is 4.74 Å². The molecule has 1 fully saturated rings. The van der Waals surface area contributed by atoms with Crippen LogP contribution in [0.5, 0.6) is 0 Å². The van der Waals surface area contributed by atoms with Gasteiger partial charge in [0.1, 0.15) is 36.1 Å². The first-order chi connectivity index (χ1) is 25.7. The third-order valence-electron chi connectivity index (χ3n) is 11.4. The molecule has 0 saturated carbocycles. The SMILES string of the molecule is CCCCCCCC/C=C\CCCCCCCCC(O)C(O)(C(O)CCCCCCCC/C=C\CCCCCCCC)C1O[C@H](CO)[C@@H](O)[C@H](O)[C@@H]1O. The lowest BCUT2D eigenvalue weighted by Gasteiger charge is -2.50. The average molecular weight is 755 g/mol. The van der Waals surface area contributed by atoms with Crippen molar-refractivity contribution >= 4 is 0 Å². The summed E-state index contributed by atoms with van der Waals surface area (Å²) >= 11 is 0. The largest absolute Gasteiger partial charge is 0.394 e. The lowest BCUT2D eigenvalue weighted by Crippen LogP contribution is -2.71. The molecule has 314 valence electrons. The van der Waals surface area contributed by atoms with Gasteiger partial charge in [0.05, 0.1) is 18.8 Å². The van der Waals surface area contributed by atoms with Crippen LogP contribution in [-0.4, -0.2) is 90.7 Å². The molecular weight excluding hydrogens is 668 g/mol. The maximum Gasteiger partial charge on any atom is 0.145 e. The Bertz CT molecular complexity index is 815. The molecule has 1 saturated heterocycles. The molecule has 53 heavy (non-hydrogen) atoms. The van der Waals surface area contributed by atoms with E-state index in [0.29, 0.717) is 12.8 Å². The number of hydrogen-bond acceptors (Lipinski definition) is 8. The van der Waals surface area contributed by atoms with E-state index < -0.39 is 54.9 Å². The summed E-state index contributed by atoms with van der Waals surface area (Å²) in [4.78, 5) is 0. The van der Waals surface area contributed by atoms with Crippen molar-refractivity contribution in [1.82, 2.24) is 0 Å². The summed E-state index contributed by atoms with van der Waals surface area (Å²) in [7, 11) is 0. The van der Waals surface area contributed by atoms with Crippen LogP contribution in [0.25, 0.3) is 0 Å². The van der Waals surface area contributed by atoms with Gasteiger partial charge in [0.2, 0.25) is 0 Å².